The summed E-state index contributed by atoms with van der Waals surface area (Å²) in [6, 6.07) is 4.90. The van der Waals surface area contributed by atoms with Crippen molar-refractivity contribution in [2.24, 2.45) is 20.0 Å². The fraction of sp³-hybridized carbons (Fsp3) is 0.551. The van der Waals surface area contributed by atoms with Crippen LogP contribution in [0.15, 0.2) is 34.3 Å². The van der Waals surface area contributed by atoms with Crippen LogP contribution in [0.25, 0.3) is 0 Å². The summed E-state index contributed by atoms with van der Waals surface area (Å²) in [5.74, 6) is -0.673. The molecule has 20 nitrogen and oxygen atoms in total. The monoisotopic (exact) mass is 1020 g/mol. The van der Waals surface area contributed by atoms with E-state index in [2.05, 4.69) is 44.6 Å². The molecular formula is C49H65N9O11S2. The molecule has 2 aliphatic heterocycles. The highest BCUT2D eigenvalue weighted by Crippen LogP contribution is 2.40. The van der Waals surface area contributed by atoms with Gasteiger partial charge in [0.25, 0.3) is 26.0 Å². The Morgan fingerprint density at radius 1 is 0.620 bits per heavy atom. The topological polar surface area (TPSA) is 262 Å². The lowest BCUT2D eigenvalue weighted by Crippen LogP contribution is -2.41. The van der Waals surface area contributed by atoms with Gasteiger partial charge in [-0.05, 0) is 153 Å². The molecule has 2 fully saturated rings. The van der Waals surface area contributed by atoms with Gasteiger partial charge in [0.1, 0.15) is 11.4 Å². The van der Waals surface area contributed by atoms with E-state index >= 15 is 0 Å². The lowest BCUT2D eigenvalue weighted by atomic mass is 9.98. The average Bonchev–Trinajstić information content (AvgIpc) is 4.21. The summed E-state index contributed by atoms with van der Waals surface area (Å²) in [7, 11) is -4.05. The number of carbonyl (C=O) groups is 4. The first-order valence-corrected chi connectivity index (χ1v) is 27.6. The van der Waals surface area contributed by atoms with Gasteiger partial charge in [-0.15, -0.1) is 0 Å². The van der Waals surface area contributed by atoms with Gasteiger partial charge in [0.15, 0.2) is 10.1 Å². The van der Waals surface area contributed by atoms with Gasteiger partial charge in [-0.25, -0.2) is 23.8 Å². The Bertz CT molecular complexity index is 2850. The van der Waals surface area contributed by atoms with Crippen LogP contribution in [0.1, 0.15) is 130 Å². The molecule has 2 saturated heterocycles. The number of anilines is 2. The molecule has 22 heteroatoms. The minimum Gasteiger partial charge on any atom is -0.477 e. The molecule has 4 heterocycles. The zero-order chi connectivity index (χ0) is 50.6. The number of sulfonamides is 2. The van der Waals surface area contributed by atoms with E-state index in [1.807, 2.05) is 4.72 Å². The van der Waals surface area contributed by atoms with Crippen molar-refractivity contribution in [2.75, 3.05) is 44.1 Å². The fourth-order valence-electron chi connectivity index (χ4n) is 10.7. The van der Waals surface area contributed by atoms with Gasteiger partial charge in [0, 0.05) is 77.1 Å². The summed E-state index contributed by atoms with van der Waals surface area (Å²) >= 11 is 0. The molecule has 0 atom stereocenters. The number of rotatable bonds is 10. The number of nitrogens with one attached hydrogen (secondary N) is 4. The van der Waals surface area contributed by atoms with Gasteiger partial charge in [-0.3, -0.25) is 14.2 Å². The largest absolute Gasteiger partial charge is 0.477 e. The van der Waals surface area contributed by atoms with E-state index in [1.54, 1.807) is 11.9 Å². The van der Waals surface area contributed by atoms with Crippen LogP contribution in [-0.2, 0) is 95.0 Å². The summed E-state index contributed by atoms with van der Waals surface area (Å²) in [4.78, 5) is 51.0. The predicted octanol–water partition coefficient (Wildman–Crippen LogP) is 5.59. The summed E-state index contributed by atoms with van der Waals surface area (Å²) in [5.41, 5.74) is 10.6. The summed E-state index contributed by atoms with van der Waals surface area (Å²) in [6.07, 6.45) is 16.8. The lowest BCUT2D eigenvalue weighted by Gasteiger charge is -2.31. The molecule has 71 heavy (non-hydrogen) atoms. The normalized spacial score (nSPS) is 17.4. The highest BCUT2D eigenvalue weighted by Gasteiger charge is 2.32. The van der Waals surface area contributed by atoms with Crippen molar-refractivity contribution >= 4 is 55.4 Å². The molecular weight excluding hydrogens is 955 g/mol. The number of carbonyl (C=O) groups excluding carboxylic acids is 3. The number of hydrogen-bond acceptors (Lipinski definition) is 12. The van der Waals surface area contributed by atoms with E-state index in [0.29, 0.717) is 13.2 Å². The van der Waals surface area contributed by atoms with Crippen molar-refractivity contribution in [3.8, 4) is 0 Å². The second-order valence-electron chi connectivity index (χ2n) is 19.1. The van der Waals surface area contributed by atoms with Gasteiger partial charge in [0.05, 0.1) is 0 Å². The van der Waals surface area contributed by atoms with Crippen molar-refractivity contribution in [1.82, 2.24) is 33.9 Å². The molecule has 10 rings (SSSR count). The molecule has 0 bridgehead atoms. The molecule has 0 spiro atoms. The highest BCUT2D eigenvalue weighted by atomic mass is 32.2. The zero-order valence-corrected chi connectivity index (χ0v) is 42.5. The number of fused-ring (bicyclic) bond motifs is 4. The number of aromatic carboxylic acids is 1. The Labute approximate surface area is 414 Å². The number of carboxylic acids is 1. The van der Waals surface area contributed by atoms with Crippen molar-refractivity contribution in [3.05, 3.63) is 80.2 Å². The number of carboxylic acid groups (broad SMARTS) is 1. The van der Waals surface area contributed by atoms with Crippen molar-refractivity contribution in [2.45, 2.75) is 132 Å². The van der Waals surface area contributed by atoms with Gasteiger partial charge >= 0.3 is 18.0 Å². The Balaban J connectivity index is 0.000000167. The van der Waals surface area contributed by atoms with E-state index in [-0.39, 0.29) is 28.4 Å². The number of aromatic nitrogens is 4. The van der Waals surface area contributed by atoms with E-state index in [1.165, 1.54) is 66.4 Å². The van der Waals surface area contributed by atoms with Gasteiger partial charge in [0.2, 0.25) is 0 Å². The number of aryl methyl sites for hydroxylation is 6. The van der Waals surface area contributed by atoms with Crippen molar-refractivity contribution < 1.29 is 50.6 Å². The fourth-order valence-corrected chi connectivity index (χ4v) is 12.5. The van der Waals surface area contributed by atoms with Gasteiger partial charge in [-0.1, -0.05) is 25.5 Å². The molecule has 2 aromatic heterocycles. The van der Waals surface area contributed by atoms with E-state index in [9.17, 15) is 36.0 Å². The molecule has 2 aromatic carbocycles. The van der Waals surface area contributed by atoms with Gasteiger partial charge in [-0.2, -0.15) is 27.0 Å². The van der Waals surface area contributed by atoms with Crippen LogP contribution < -0.4 is 20.1 Å². The van der Waals surface area contributed by atoms with Crippen molar-refractivity contribution in [3.63, 3.8) is 0 Å². The number of nitrogens with zero attached hydrogens (tertiary/aromatic N) is 5. The summed E-state index contributed by atoms with van der Waals surface area (Å²) in [6.45, 7) is 5.42. The third kappa shape index (κ3) is 11.6. The highest BCUT2D eigenvalue weighted by molar-refractivity contribution is 7.90. The molecule has 6 aliphatic rings. The molecule has 384 valence electrons. The molecule has 4 aromatic rings. The maximum atomic E-state index is 13.0. The Morgan fingerprint density at radius 2 is 1.00 bits per heavy atom. The third-order valence-electron chi connectivity index (χ3n) is 14.6. The van der Waals surface area contributed by atoms with Crippen LogP contribution >= 0.6 is 0 Å². The third-order valence-corrected chi connectivity index (χ3v) is 17.0. The van der Waals surface area contributed by atoms with E-state index in [0.717, 1.165) is 153 Å². The maximum Gasteiger partial charge on any atom is 0.354 e. The van der Waals surface area contributed by atoms with Crippen LogP contribution in [0, 0.1) is 5.92 Å². The second-order valence-corrected chi connectivity index (χ2v) is 22.4. The number of amides is 5. The molecule has 0 radical (unpaired) electrons. The minimum absolute atomic E-state index is 0.0180. The molecule has 0 unspecified atom stereocenters. The number of hydrogen-bond donors (Lipinski definition) is 5. The standard InChI is InChI=1S/C24H31N5O5S.C18H20N4O5S.C7H14O/c1-28(17-9-11-34-12-10-17)23(30)20-14-21(26-29(20)2)35(32,33)27-24(31)25-22-18-7-3-5-15(18)13-16-6-4-8-19(16)22;1-22-14(17(23)24)9-15(20-22)28(26,27)21-18(25)19-16-12-6-2-4-10(12)8-11-5-3-7-13(11)16;1-2-7-3-5-8-6-4-7/h13-14,17H,3-12H2,1-2H3,(H2,25,27,31);8-9H,2-7H2,1H3,(H,23,24)(H2,19,21,25);7H,2-6H2,1H3. The summed E-state index contributed by atoms with van der Waals surface area (Å²) in [5, 5.41) is 21.4. The SMILES string of the molecule is CCC1CCOCC1.CN(C(=O)c1cc(S(=O)(=O)NC(=O)Nc2c3c(cc4c2CCC4)CCC3)nn1C)C1CCOCC1.Cn1nc(S(=O)(=O)NC(=O)Nc2c3c(cc4c2CCC4)CCC3)cc1C(=O)O. The van der Waals surface area contributed by atoms with Crippen LogP contribution in [-0.4, -0.2) is 110 Å². The van der Waals surface area contributed by atoms with Crippen LogP contribution in [0.2, 0.25) is 0 Å². The van der Waals surface area contributed by atoms with E-state index in [4.69, 9.17) is 14.6 Å². The van der Waals surface area contributed by atoms with Crippen molar-refractivity contribution in [1.29, 1.82) is 0 Å². The Morgan fingerprint density at radius 3 is 1.37 bits per heavy atom. The summed E-state index contributed by atoms with van der Waals surface area (Å²) < 4.78 is 67.6. The van der Waals surface area contributed by atoms with E-state index < -0.39 is 43.1 Å². The predicted molar refractivity (Wildman–Crippen MR) is 263 cm³/mol. The first kappa shape index (κ1) is 51.5. The maximum absolute atomic E-state index is 13.0. The second kappa shape index (κ2) is 21.9. The smallest absolute Gasteiger partial charge is 0.354 e. The number of benzene rings is 2. The van der Waals surface area contributed by atoms with Crippen LogP contribution in [0.3, 0.4) is 0 Å². The molecule has 4 aliphatic carbocycles. The number of ether oxygens (including phenoxy) is 2. The first-order chi connectivity index (χ1) is 33.9. The number of urea groups is 2. The minimum atomic E-state index is -4.30. The Hall–Kier alpha value is -5.84. The molecule has 0 saturated carbocycles. The zero-order valence-electron chi connectivity index (χ0n) is 40.9. The van der Waals surface area contributed by atoms with Crippen LogP contribution in [0.4, 0.5) is 21.0 Å². The Kier molecular flexibility index (Phi) is 15.9. The average molecular weight is 1020 g/mol. The lowest BCUT2D eigenvalue weighted by molar-refractivity contribution is 0.0356. The first-order valence-electron chi connectivity index (χ1n) is 24.7. The quantitative estimate of drug-likeness (QED) is 0.130. The molecule has 5 amide bonds. The molecule has 5 N–H and O–H groups in total. The van der Waals surface area contributed by atoms with Gasteiger partial charge < -0.3 is 30.1 Å². The van der Waals surface area contributed by atoms with Crippen LogP contribution in [0.5, 0.6) is 0 Å².